The fraction of sp³-hybridized carbons (Fsp3) is 0.962. The molecule has 3 aliphatic heterocycles. The highest BCUT2D eigenvalue weighted by Crippen LogP contribution is 2.76. The minimum atomic E-state index is -1.86. The van der Waals surface area contributed by atoms with Gasteiger partial charge in [-0.1, -0.05) is 59.6 Å². The lowest BCUT2D eigenvalue weighted by Gasteiger charge is -2.68. The van der Waals surface area contributed by atoms with Crippen molar-refractivity contribution in [2.24, 2.45) is 51.2 Å². The normalized spacial score (nSPS) is 48.7. The molecule has 72 heavy (non-hydrogen) atoms. The summed E-state index contributed by atoms with van der Waals surface area (Å²) in [6, 6.07) is 0. The summed E-state index contributed by atoms with van der Waals surface area (Å²) < 4.78 is 35.4. The number of fused-ring (bicyclic) bond motifs is 5. The predicted molar refractivity (Wildman–Crippen MR) is 255 cm³/mol. The van der Waals surface area contributed by atoms with Crippen LogP contribution in [0.1, 0.15) is 120 Å². The van der Waals surface area contributed by atoms with Crippen molar-refractivity contribution < 1.29 is 99.9 Å². The highest BCUT2D eigenvalue weighted by atomic mass is 16.7. The summed E-state index contributed by atoms with van der Waals surface area (Å²) in [4.78, 5) is 0. The molecular formula is C52H90O20. The van der Waals surface area contributed by atoms with Crippen LogP contribution in [0.2, 0.25) is 0 Å². The van der Waals surface area contributed by atoms with E-state index in [1.807, 2.05) is 0 Å². The third kappa shape index (κ3) is 10.3. The molecule has 20 nitrogen and oxygen atoms in total. The zero-order valence-corrected chi connectivity index (χ0v) is 43.5. The molecule has 6 fully saturated rings. The Bertz CT molecular complexity index is 1810. The summed E-state index contributed by atoms with van der Waals surface area (Å²) in [5.74, 6) is 0.134. The largest absolute Gasteiger partial charge is 0.394 e. The average Bonchev–Trinajstić information content (AvgIpc) is 3.64. The van der Waals surface area contributed by atoms with Crippen molar-refractivity contribution in [1.29, 1.82) is 0 Å². The summed E-state index contributed by atoms with van der Waals surface area (Å²) in [7, 11) is 0. The van der Waals surface area contributed by atoms with Gasteiger partial charge in [0.15, 0.2) is 18.9 Å². The van der Waals surface area contributed by atoms with Gasteiger partial charge in [0.2, 0.25) is 0 Å². The van der Waals surface area contributed by atoms with Crippen molar-refractivity contribution in [1.82, 2.24) is 0 Å². The first-order valence-corrected chi connectivity index (χ1v) is 26.6. The Labute approximate surface area is 423 Å². The third-order valence-electron chi connectivity index (χ3n) is 20.1. The molecule has 20 heteroatoms. The fourth-order valence-electron chi connectivity index (χ4n) is 15.6. The maximum atomic E-state index is 12.6. The Kier molecular flexibility index (Phi) is 18.2. The van der Waals surface area contributed by atoms with Crippen LogP contribution in [-0.2, 0) is 28.4 Å². The highest BCUT2D eigenvalue weighted by Gasteiger charge is 2.71. The summed E-state index contributed by atoms with van der Waals surface area (Å²) >= 11 is 0. The minimum absolute atomic E-state index is 0.00979. The molecule has 0 spiro atoms. The molecule has 0 bridgehead atoms. The van der Waals surface area contributed by atoms with Gasteiger partial charge in [-0.2, -0.15) is 0 Å². The Morgan fingerprint density at radius 3 is 1.92 bits per heavy atom. The van der Waals surface area contributed by atoms with Crippen LogP contribution in [0.5, 0.6) is 0 Å². The van der Waals surface area contributed by atoms with Crippen LogP contribution in [0.3, 0.4) is 0 Å². The van der Waals surface area contributed by atoms with Crippen LogP contribution in [0, 0.1) is 51.2 Å². The van der Waals surface area contributed by atoms with E-state index in [0.29, 0.717) is 25.7 Å². The van der Waals surface area contributed by atoms with Crippen LogP contribution < -0.4 is 0 Å². The van der Waals surface area contributed by atoms with Crippen molar-refractivity contribution in [3.63, 3.8) is 0 Å². The van der Waals surface area contributed by atoms with E-state index in [0.717, 1.165) is 32.1 Å². The molecule has 0 aromatic carbocycles. The maximum absolute atomic E-state index is 12.6. The van der Waals surface area contributed by atoms with Crippen LogP contribution in [0.25, 0.3) is 0 Å². The molecule has 3 heterocycles. The van der Waals surface area contributed by atoms with Gasteiger partial charge in [-0.15, -0.1) is 0 Å². The zero-order valence-electron chi connectivity index (χ0n) is 43.5. The molecule has 0 amide bonds. The van der Waals surface area contributed by atoms with Crippen LogP contribution in [0.4, 0.5) is 0 Å². The molecule has 4 aliphatic carbocycles. The number of aliphatic hydroxyl groups is 14. The molecule has 16 unspecified atom stereocenters. The number of rotatable bonds is 18. The first kappa shape index (κ1) is 58.6. The molecule has 26 atom stereocenters. The van der Waals surface area contributed by atoms with Crippen molar-refractivity contribution in [3.8, 4) is 0 Å². The second-order valence-corrected chi connectivity index (χ2v) is 24.4. The number of aliphatic hydroxyl groups excluding tert-OH is 13. The van der Waals surface area contributed by atoms with Gasteiger partial charge in [-0.05, 0) is 112 Å². The van der Waals surface area contributed by atoms with Crippen molar-refractivity contribution in [3.05, 3.63) is 11.6 Å². The summed E-state index contributed by atoms with van der Waals surface area (Å²) in [5, 5.41) is 151. The molecule has 418 valence electrons. The van der Waals surface area contributed by atoms with E-state index in [9.17, 15) is 71.5 Å². The summed E-state index contributed by atoms with van der Waals surface area (Å²) in [5.41, 5.74) is -1.20. The van der Waals surface area contributed by atoms with E-state index in [1.165, 1.54) is 5.57 Å². The molecule has 0 aromatic heterocycles. The molecule has 7 aliphatic rings. The molecule has 14 N–H and O–H groups in total. The molecule has 3 saturated carbocycles. The summed E-state index contributed by atoms with van der Waals surface area (Å²) in [6.45, 7) is 14.3. The Morgan fingerprint density at radius 1 is 0.736 bits per heavy atom. The number of hydrogen-bond acceptors (Lipinski definition) is 20. The predicted octanol–water partition coefficient (Wildman–Crippen LogP) is -0.667. The lowest BCUT2D eigenvalue weighted by Crippen LogP contribution is -2.65. The second-order valence-electron chi connectivity index (χ2n) is 24.4. The van der Waals surface area contributed by atoms with Crippen molar-refractivity contribution in [2.45, 2.75) is 236 Å². The SMILES string of the molecule is CC[C@@]12CCC([C@H](C)CC[C@@H](CC3OC(COC4OC(CO)C(O)C(O)C4O)C(O)C(O)C3OC3OC(CO)C(O)C(O)C3O)C(C)(C)O)[C@@]1(C)C[C@@H](O)[C@@]1(C)[C@@H]3CC[C@H](O[C@H](O)CO)C(C)(C)C3=CC[C@H]12. The van der Waals surface area contributed by atoms with Crippen LogP contribution >= 0.6 is 0 Å². The van der Waals surface area contributed by atoms with E-state index in [1.54, 1.807) is 13.8 Å². The maximum Gasteiger partial charge on any atom is 0.187 e. The summed E-state index contributed by atoms with van der Waals surface area (Å²) in [6.07, 6.45) is -16.8. The van der Waals surface area contributed by atoms with E-state index in [2.05, 4.69) is 47.6 Å². The molecule has 0 radical (unpaired) electrons. The first-order valence-electron chi connectivity index (χ1n) is 26.6. The highest BCUT2D eigenvalue weighted by molar-refractivity contribution is 5.32. The molecule has 3 saturated heterocycles. The Hall–Kier alpha value is -1.06. The average molecular weight is 1040 g/mol. The smallest absolute Gasteiger partial charge is 0.187 e. The topological polar surface area (TPSA) is 339 Å². The fourth-order valence-corrected chi connectivity index (χ4v) is 15.6. The zero-order chi connectivity index (χ0) is 53.2. The van der Waals surface area contributed by atoms with E-state index < -0.39 is 153 Å². The van der Waals surface area contributed by atoms with Gasteiger partial charge in [0, 0.05) is 10.8 Å². The lowest BCUT2D eigenvalue weighted by atomic mass is 9.37. The quantitative estimate of drug-likeness (QED) is 0.0598. The van der Waals surface area contributed by atoms with Crippen molar-refractivity contribution in [2.75, 3.05) is 26.4 Å². The number of ether oxygens (including phenoxy) is 6. The van der Waals surface area contributed by atoms with Gasteiger partial charge < -0.3 is 99.9 Å². The van der Waals surface area contributed by atoms with Crippen molar-refractivity contribution >= 4 is 0 Å². The van der Waals surface area contributed by atoms with Crippen LogP contribution in [-0.4, -0.2) is 214 Å². The monoisotopic (exact) mass is 1030 g/mol. The Morgan fingerprint density at radius 2 is 1.33 bits per heavy atom. The Balaban J connectivity index is 1.11. The van der Waals surface area contributed by atoms with Gasteiger partial charge in [0.1, 0.15) is 73.2 Å². The van der Waals surface area contributed by atoms with E-state index in [-0.39, 0.29) is 47.0 Å². The third-order valence-corrected chi connectivity index (χ3v) is 20.1. The van der Waals surface area contributed by atoms with Gasteiger partial charge in [-0.3, -0.25) is 0 Å². The number of hydrogen-bond donors (Lipinski definition) is 14. The van der Waals surface area contributed by atoms with Gasteiger partial charge in [-0.25, -0.2) is 0 Å². The molecular weight excluding hydrogens is 945 g/mol. The van der Waals surface area contributed by atoms with Gasteiger partial charge >= 0.3 is 0 Å². The lowest BCUT2D eigenvalue weighted by molar-refractivity contribution is -0.348. The minimum Gasteiger partial charge on any atom is -0.394 e. The van der Waals surface area contributed by atoms with Gasteiger partial charge in [0.05, 0.1) is 50.3 Å². The van der Waals surface area contributed by atoms with Gasteiger partial charge in [0.25, 0.3) is 0 Å². The van der Waals surface area contributed by atoms with Crippen LogP contribution in [0.15, 0.2) is 11.6 Å². The first-order chi connectivity index (χ1) is 33.7. The molecule has 7 rings (SSSR count). The molecule has 0 aromatic rings. The second kappa shape index (κ2) is 22.4. The number of allylic oxidation sites excluding steroid dienone is 1. The standard InChI is InChI=1S/C52H90O20/c1-9-52-17-16-26(50(52,7)19-34(56)51(8)28-13-15-35(71-36(57)22-55)48(3,4)27(28)12-14-33(51)52)24(2)10-11-25(49(5,6)66)18-29-45(72-47-44(65)41(62)38(59)31(21-54)70-47)42(63)39(60)32(68-29)23-67-46-43(64)40(61)37(58)30(20-53)69-46/h12,24-26,28-47,53-66H,9-11,13-23H2,1-8H3/t24-,25+,26?,28-,29?,30?,31?,32?,33-,34-,35+,36+,37?,38?,39?,40?,41?,42?,43?,44?,45?,46?,47?,50-,51+,52+/m1/s1. The van der Waals surface area contributed by atoms with E-state index >= 15 is 0 Å². The van der Waals surface area contributed by atoms with E-state index in [4.69, 9.17) is 28.4 Å².